The molecule has 0 amide bonds. The molecular weight excluding hydrogens is 392 g/mol. The van der Waals surface area contributed by atoms with Crippen molar-refractivity contribution in [1.82, 2.24) is 0 Å². The van der Waals surface area contributed by atoms with Crippen molar-refractivity contribution >= 4 is 21.5 Å². The number of hydrogen-bond acceptors (Lipinski definition) is 2. The number of benzene rings is 4. The van der Waals surface area contributed by atoms with Crippen LogP contribution in [0.25, 0.3) is 32.7 Å². The van der Waals surface area contributed by atoms with Crippen molar-refractivity contribution in [1.29, 1.82) is 0 Å². The first-order valence-electron chi connectivity index (χ1n) is 12.1. The number of fused-ring (bicyclic) bond motifs is 7. The van der Waals surface area contributed by atoms with E-state index in [9.17, 15) is 0 Å². The van der Waals surface area contributed by atoms with Gasteiger partial charge >= 0.3 is 0 Å². The fourth-order valence-electron chi connectivity index (χ4n) is 5.81. The van der Waals surface area contributed by atoms with E-state index in [1.807, 2.05) is 0 Å². The predicted octanol–water partition coefficient (Wildman–Crippen LogP) is 8.02. The average Bonchev–Trinajstić information content (AvgIpc) is 2.85. The maximum atomic E-state index is 6.83. The van der Waals surface area contributed by atoms with Gasteiger partial charge in [-0.05, 0) is 58.4 Å². The van der Waals surface area contributed by atoms with E-state index in [2.05, 4.69) is 79.7 Å². The van der Waals surface area contributed by atoms with Gasteiger partial charge in [0.25, 0.3) is 0 Å². The number of rotatable bonds is 2. The second kappa shape index (κ2) is 8.16. The van der Waals surface area contributed by atoms with Crippen molar-refractivity contribution in [3.05, 3.63) is 72.8 Å². The molecule has 0 N–H and O–H groups in total. The predicted molar refractivity (Wildman–Crippen MR) is 133 cm³/mol. The zero-order valence-corrected chi connectivity index (χ0v) is 18.7. The molecular formula is C30H30O2. The number of ether oxygens (including phenoxy) is 2. The highest BCUT2D eigenvalue weighted by Crippen LogP contribution is 2.47. The first-order chi connectivity index (χ1) is 15.8. The molecule has 2 heteroatoms. The second-order valence-corrected chi connectivity index (χ2v) is 9.48. The Balaban J connectivity index is 1.52. The molecule has 4 aromatic rings. The standard InChI is InChI=1S/C30H30O2/c1-2-20-11-13-23(14-12-20)28-19-31-26-17-15-21-7-3-5-9-24(21)29(26)30-25-10-6-4-8-22(25)16-18-27(30)32-28/h3-10,15-18,20,23,28H,2,11-14,19H2,1H3. The van der Waals surface area contributed by atoms with Crippen LogP contribution in [0.2, 0.25) is 0 Å². The van der Waals surface area contributed by atoms with E-state index in [0.717, 1.165) is 23.0 Å². The van der Waals surface area contributed by atoms with Crippen LogP contribution in [0.4, 0.5) is 0 Å². The lowest BCUT2D eigenvalue weighted by Crippen LogP contribution is -2.36. The fourth-order valence-corrected chi connectivity index (χ4v) is 5.81. The Hall–Kier alpha value is -3.00. The maximum Gasteiger partial charge on any atom is 0.135 e. The molecule has 2 nitrogen and oxygen atoms in total. The SMILES string of the molecule is CCC1CCC(C2COc3ccc4ccccc4c3-c3c(ccc4ccccc34)O2)CC1. The van der Waals surface area contributed by atoms with Gasteiger partial charge in [0, 0.05) is 11.1 Å². The zero-order chi connectivity index (χ0) is 21.5. The molecule has 0 saturated heterocycles. The largest absolute Gasteiger partial charge is 0.489 e. The molecule has 6 rings (SSSR count). The van der Waals surface area contributed by atoms with Crippen molar-refractivity contribution in [3.8, 4) is 22.6 Å². The molecule has 1 fully saturated rings. The number of hydrogen-bond donors (Lipinski definition) is 0. The summed E-state index contributed by atoms with van der Waals surface area (Å²) in [6.45, 7) is 2.93. The van der Waals surface area contributed by atoms with Gasteiger partial charge in [-0.1, -0.05) is 86.8 Å². The molecule has 0 spiro atoms. The fraction of sp³-hybridized carbons (Fsp3) is 0.333. The van der Waals surface area contributed by atoms with Gasteiger partial charge in [-0.3, -0.25) is 0 Å². The third-order valence-electron chi connectivity index (χ3n) is 7.71. The van der Waals surface area contributed by atoms with E-state index in [-0.39, 0.29) is 6.10 Å². The molecule has 1 atom stereocenters. The zero-order valence-electron chi connectivity index (χ0n) is 18.7. The third kappa shape index (κ3) is 3.33. The Labute approximate surface area is 190 Å². The second-order valence-electron chi connectivity index (χ2n) is 9.48. The highest BCUT2D eigenvalue weighted by Gasteiger charge is 2.32. The molecule has 4 aromatic carbocycles. The normalized spacial score (nSPS) is 22.8. The van der Waals surface area contributed by atoms with E-state index in [1.165, 1.54) is 59.2 Å². The summed E-state index contributed by atoms with van der Waals surface area (Å²) >= 11 is 0. The minimum Gasteiger partial charge on any atom is -0.489 e. The Bertz CT molecular complexity index is 1270. The van der Waals surface area contributed by atoms with Crippen LogP contribution in [0.15, 0.2) is 72.8 Å². The minimum atomic E-state index is 0.0901. The Morgan fingerprint density at radius 2 is 1.28 bits per heavy atom. The van der Waals surface area contributed by atoms with Crippen LogP contribution >= 0.6 is 0 Å². The van der Waals surface area contributed by atoms with Crippen LogP contribution in [0.5, 0.6) is 11.5 Å². The topological polar surface area (TPSA) is 18.5 Å². The summed E-state index contributed by atoms with van der Waals surface area (Å²) in [5.74, 6) is 3.40. The van der Waals surface area contributed by atoms with E-state index >= 15 is 0 Å². The van der Waals surface area contributed by atoms with Gasteiger partial charge in [-0.2, -0.15) is 0 Å². The highest BCUT2D eigenvalue weighted by molar-refractivity contribution is 6.09. The van der Waals surface area contributed by atoms with Gasteiger partial charge < -0.3 is 9.47 Å². The van der Waals surface area contributed by atoms with Crippen LogP contribution in [0.1, 0.15) is 39.0 Å². The lowest BCUT2D eigenvalue weighted by molar-refractivity contribution is 0.0515. The quantitative estimate of drug-likeness (QED) is 0.326. The van der Waals surface area contributed by atoms with E-state index in [4.69, 9.17) is 9.47 Å². The van der Waals surface area contributed by atoms with Crippen molar-refractivity contribution in [2.75, 3.05) is 6.61 Å². The van der Waals surface area contributed by atoms with Gasteiger partial charge in [0.05, 0.1) is 0 Å². The maximum absolute atomic E-state index is 6.83. The van der Waals surface area contributed by atoms with E-state index < -0.39 is 0 Å². The molecule has 0 bridgehead atoms. The summed E-state index contributed by atoms with van der Waals surface area (Å²) in [5, 5.41) is 4.90. The van der Waals surface area contributed by atoms with Crippen molar-refractivity contribution in [3.63, 3.8) is 0 Å². The molecule has 1 saturated carbocycles. The lowest BCUT2D eigenvalue weighted by Gasteiger charge is -2.35. The average molecular weight is 423 g/mol. The minimum absolute atomic E-state index is 0.0901. The van der Waals surface area contributed by atoms with Gasteiger partial charge in [0.2, 0.25) is 0 Å². The van der Waals surface area contributed by atoms with Crippen molar-refractivity contribution in [2.45, 2.75) is 45.1 Å². The van der Waals surface area contributed by atoms with Crippen LogP contribution in [0, 0.1) is 11.8 Å². The monoisotopic (exact) mass is 422 g/mol. The molecule has 32 heavy (non-hydrogen) atoms. The Kier molecular flexibility index (Phi) is 5.02. The van der Waals surface area contributed by atoms with E-state index in [0.29, 0.717) is 12.5 Å². The summed E-state index contributed by atoms with van der Waals surface area (Å²) < 4.78 is 13.4. The molecule has 2 aliphatic rings. The van der Waals surface area contributed by atoms with Crippen LogP contribution in [0.3, 0.4) is 0 Å². The Morgan fingerprint density at radius 1 is 0.688 bits per heavy atom. The van der Waals surface area contributed by atoms with Crippen molar-refractivity contribution in [2.24, 2.45) is 11.8 Å². The molecule has 1 heterocycles. The van der Waals surface area contributed by atoms with Gasteiger partial charge in [-0.15, -0.1) is 0 Å². The van der Waals surface area contributed by atoms with Gasteiger partial charge in [-0.25, -0.2) is 0 Å². The first kappa shape index (κ1) is 19.7. The van der Waals surface area contributed by atoms with Crippen molar-refractivity contribution < 1.29 is 9.47 Å². The van der Waals surface area contributed by atoms with Crippen LogP contribution < -0.4 is 9.47 Å². The lowest BCUT2D eigenvalue weighted by atomic mass is 9.78. The summed E-state index contributed by atoms with van der Waals surface area (Å²) in [4.78, 5) is 0. The van der Waals surface area contributed by atoms with Gasteiger partial charge in [0.1, 0.15) is 24.2 Å². The van der Waals surface area contributed by atoms with E-state index in [1.54, 1.807) is 0 Å². The summed E-state index contributed by atoms with van der Waals surface area (Å²) in [5.41, 5.74) is 2.32. The summed E-state index contributed by atoms with van der Waals surface area (Å²) in [7, 11) is 0. The molecule has 0 aromatic heterocycles. The molecule has 1 unspecified atom stereocenters. The highest BCUT2D eigenvalue weighted by atomic mass is 16.5. The van der Waals surface area contributed by atoms with Crippen LogP contribution in [-0.4, -0.2) is 12.7 Å². The molecule has 1 aliphatic heterocycles. The third-order valence-corrected chi connectivity index (χ3v) is 7.71. The van der Waals surface area contributed by atoms with Gasteiger partial charge in [0.15, 0.2) is 0 Å². The molecule has 0 radical (unpaired) electrons. The summed E-state index contributed by atoms with van der Waals surface area (Å²) in [6.07, 6.45) is 6.48. The molecule has 162 valence electrons. The van der Waals surface area contributed by atoms with Crippen LogP contribution in [-0.2, 0) is 0 Å². The smallest absolute Gasteiger partial charge is 0.135 e. The first-order valence-corrected chi connectivity index (χ1v) is 12.1. The Morgan fingerprint density at radius 3 is 1.94 bits per heavy atom. The summed E-state index contributed by atoms with van der Waals surface area (Å²) in [6, 6.07) is 25.9. The molecule has 1 aliphatic carbocycles.